The van der Waals surface area contributed by atoms with E-state index in [0.29, 0.717) is 28.7 Å². The number of anilines is 1. The molecule has 3 rings (SSSR count). The Labute approximate surface area is 149 Å². The molecule has 0 unspecified atom stereocenters. The highest BCUT2D eigenvalue weighted by Gasteiger charge is 2.17. The number of pyridine rings is 1. The molecule has 134 valence electrons. The van der Waals surface area contributed by atoms with Crippen LogP contribution in [0.1, 0.15) is 10.5 Å². The Morgan fingerprint density at radius 2 is 1.81 bits per heavy atom. The zero-order valence-electron chi connectivity index (χ0n) is 14.5. The van der Waals surface area contributed by atoms with Crippen LogP contribution in [0.5, 0.6) is 17.2 Å². The molecule has 0 saturated carbocycles. The quantitative estimate of drug-likeness (QED) is 0.726. The Morgan fingerprint density at radius 1 is 1.08 bits per heavy atom. The number of aromatic nitrogens is 2. The lowest BCUT2D eigenvalue weighted by Crippen LogP contribution is -2.12. The van der Waals surface area contributed by atoms with Crippen LogP contribution in [-0.4, -0.2) is 37.4 Å². The van der Waals surface area contributed by atoms with Gasteiger partial charge in [0, 0.05) is 41.8 Å². The van der Waals surface area contributed by atoms with E-state index in [1.807, 2.05) is 6.07 Å². The van der Waals surface area contributed by atoms with Crippen molar-refractivity contribution in [2.24, 2.45) is 0 Å². The molecule has 0 aliphatic carbocycles. The second-order valence-corrected chi connectivity index (χ2v) is 5.19. The van der Waals surface area contributed by atoms with Crippen LogP contribution in [0.3, 0.4) is 0 Å². The van der Waals surface area contributed by atoms with E-state index in [9.17, 15) is 4.79 Å². The number of carbonyl (C=O) groups excluding carboxylic acids is 1. The SMILES string of the molecule is COc1cc(NC(=O)c2cc(-c3cccnc3)on2)cc(OC)c1OC. The first kappa shape index (κ1) is 17.3. The maximum atomic E-state index is 12.5. The average Bonchev–Trinajstić information content (AvgIpc) is 3.18. The first-order valence-corrected chi connectivity index (χ1v) is 7.64. The van der Waals surface area contributed by atoms with Gasteiger partial charge in [0.25, 0.3) is 5.91 Å². The number of hydrogen-bond donors (Lipinski definition) is 1. The van der Waals surface area contributed by atoms with Crippen molar-refractivity contribution in [1.82, 2.24) is 10.1 Å². The smallest absolute Gasteiger partial charge is 0.277 e. The van der Waals surface area contributed by atoms with Gasteiger partial charge in [-0.05, 0) is 12.1 Å². The van der Waals surface area contributed by atoms with E-state index in [-0.39, 0.29) is 5.69 Å². The predicted molar refractivity (Wildman–Crippen MR) is 93.8 cm³/mol. The molecule has 0 saturated heterocycles. The van der Waals surface area contributed by atoms with Crippen molar-refractivity contribution in [3.63, 3.8) is 0 Å². The largest absolute Gasteiger partial charge is 0.493 e. The van der Waals surface area contributed by atoms with E-state index in [0.717, 1.165) is 5.56 Å². The topological polar surface area (TPSA) is 95.7 Å². The molecule has 1 aromatic carbocycles. The van der Waals surface area contributed by atoms with Gasteiger partial charge in [0.2, 0.25) is 5.75 Å². The van der Waals surface area contributed by atoms with Crippen molar-refractivity contribution in [3.8, 4) is 28.6 Å². The Kier molecular flexibility index (Phi) is 5.02. The third-order valence-corrected chi connectivity index (χ3v) is 3.61. The Balaban J connectivity index is 1.83. The molecule has 3 aromatic rings. The summed E-state index contributed by atoms with van der Waals surface area (Å²) < 4.78 is 21.0. The summed E-state index contributed by atoms with van der Waals surface area (Å²) in [4.78, 5) is 16.5. The van der Waals surface area contributed by atoms with Gasteiger partial charge in [-0.2, -0.15) is 0 Å². The molecule has 0 aliphatic rings. The van der Waals surface area contributed by atoms with E-state index >= 15 is 0 Å². The molecule has 0 spiro atoms. The number of nitrogens with one attached hydrogen (secondary N) is 1. The lowest BCUT2D eigenvalue weighted by atomic mass is 10.2. The minimum absolute atomic E-state index is 0.137. The average molecular weight is 355 g/mol. The van der Waals surface area contributed by atoms with Crippen LogP contribution in [-0.2, 0) is 0 Å². The van der Waals surface area contributed by atoms with Gasteiger partial charge in [-0.3, -0.25) is 9.78 Å². The van der Waals surface area contributed by atoms with Crippen molar-refractivity contribution >= 4 is 11.6 Å². The molecule has 0 aliphatic heterocycles. The maximum Gasteiger partial charge on any atom is 0.277 e. The van der Waals surface area contributed by atoms with Crippen LogP contribution >= 0.6 is 0 Å². The monoisotopic (exact) mass is 355 g/mol. The van der Waals surface area contributed by atoms with Crippen LogP contribution in [0.4, 0.5) is 5.69 Å². The van der Waals surface area contributed by atoms with Gasteiger partial charge in [-0.25, -0.2) is 0 Å². The van der Waals surface area contributed by atoms with Gasteiger partial charge in [0.05, 0.1) is 21.3 Å². The third kappa shape index (κ3) is 3.44. The highest BCUT2D eigenvalue weighted by atomic mass is 16.5. The Hall–Kier alpha value is -3.55. The fraction of sp³-hybridized carbons (Fsp3) is 0.167. The van der Waals surface area contributed by atoms with Crippen molar-refractivity contribution in [1.29, 1.82) is 0 Å². The molecule has 8 heteroatoms. The Morgan fingerprint density at radius 3 is 2.38 bits per heavy atom. The van der Waals surface area contributed by atoms with Crippen LogP contribution in [0.2, 0.25) is 0 Å². The fourth-order valence-electron chi connectivity index (χ4n) is 2.38. The lowest BCUT2D eigenvalue weighted by molar-refractivity contribution is 0.101. The number of carbonyl (C=O) groups is 1. The highest BCUT2D eigenvalue weighted by Crippen LogP contribution is 2.40. The molecule has 0 radical (unpaired) electrons. The van der Waals surface area contributed by atoms with Gasteiger partial charge in [0.1, 0.15) is 0 Å². The highest BCUT2D eigenvalue weighted by molar-refractivity contribution is 6.03. The van der Waals surface area contributed by atoms with E-state index in [1.54, 1.807) is 36.7 Å². The summed E-state index contributed by atoms with van der Waals surface area (Å²) in [5.41, 5.74) is 1.33. The first-order valence-electron chi connectivity index (χ1n) is 7.64. The second-order valence-electron chi connectivity index (χ2n) is 5.19. The van der Waals surface area contributed by atoms with Crippen molar-refractivity contribution < 1.29 is 23.5 Å². The number of hydrogen-bond acceptors (Lipinski definition) is 7. The van der Waals surface area contributed by atoms with Gasteiger partial charge >= 0.3 is 0 Å². The summed E-state index contributed by atoms with van der Waals surface area (Å²) in [5, 5.41) is 6.54. The molecular weight excluding hydrogens is 338 g/mol. The Bertz CT molecular complexity index is 883. The molecular formula is C18H17N3O5. The summed E-state index contributed by atoms with van der Waals surface area (Å²) in [6, 6.07) is 8.38. The second kappa shape index (κ2) is 7.56. The van der Waals surface area contributed by atoms with Gasteiger partial charge in [0.15, 0.2) is 23.0 Å². The molecule has 2 heterocycles. The first-order chi connectivity index (χ1) is 12.7. The van der Waals surface area contributed by atoms with Crippen LogP contribution < -0.4 is 19.5 Å². The van der Waals surface area contributed by atoms with Gasteiger partial charge < -0.3 is 24.1 Å². The number of amides is 1. The number of benzene rings is 1. The third-order valence-electron chi connectivity index (χ3n) is 3.61. The summed E-state index contributed by atoms with van der Waals surface area (Å²) in [7, 11) is 4.51. The molecule has 0 bridgehead atoms. The predicted octanol–water partition coefficient (Wildman–Crippen LogP) is 3.01. The van der Waals surface area contributed by atoms with Crippen LogP contribution in [0.25, 0.3) is 11.3 Å². The van der Waals surface area contributed by atoms with Crippen LogP contribution in [0.15, 0.2) is 47.2 Å². The number of nitrogens with zero attached hydrogens (tertiary/aromatic N) is 2. The van der Waals surface area contributed by atoms with E-state index in [2.05, 4.69) is 15.5 Å². The molecule has 0 fully saturated rings. The van der Waals surface area contributed by atoms with Crippen molar-refractivity contribution in [3.05, 3.63) is 48.4 Å². The molecule has 1 N–H and O–H groups in total. The molecule has 8 nitrogen and oxygen atoms in total. The minimum Gasteiger partial charge on any atom is -0.493 e. The maximum absolute atomic E-state index is 12.5. The fourth-order valence-corrected chi connectivity index (χ4v) is 2.38. The van der Waals surface area contributed by atoms with Gasteiger partial charge in [-0.15, -0.1) is 0 Å². The number of methoxy groups -OCH3 is 3. The number of ether oxygens (including phenoxy) is 3. The van der Waals surface area contributed by atoms with Crippen molar-refractivity contribution in [2.75, 3.05) is 26.6 Å². The molecule has 26 heavy (non-hydrogen) atoms. The summed E-state index contributed by atoms with van der Waals surface area (Å²) in [6.45, 7) is 0. The molecule has 1 amide bonds. The summed E-state index contributed by atoms with van der Waals surface area (Å²) in [5.74, 6) is 1.32. The van der Waals surface area contributed by atoms with Gasteiger partial charge in [-0.1, -0.05) is 5.16 Å². The zero-order valence-corrected chi connectivity index (χ0v) is 14.5. The van der Waals surface area contributed by atoms with E-state index < -0.39 is 5.91 Å². The molecule has 0 atom stereocenters. The standard InChI is InChI=1S/C18H17N3O5/c1-23-15-7-12(8-16(24-2)17(15)25-3)20-18(22)13-9-14(26-21-13)11-5-4-6-19-10-11/h4-10H,1-3H3,(H,20,22). The van der Waals surface area contributed by atoms with E-state index in [1.165, 1.54) is 21.3 Å². The van der Waals surface area contributed by atoms with Crippen LogP contribution in [0, 0.1) is 0 Å². The minimum atomic E-state index is -0.432. The zero-order chi connectivity index (χ0) is 18.5. The van der Waals surface area contributed by atoms with E-state index in [4.69, 9.17) is 18.7 Å². The van der Waals surface area contributed by atoms with Crippen molar-refractivity contribution in [2.45, 2.75) is 0 Å². The summed E-state index contributed by atoms with van der Waals surface area (Å²) in [6.07, 6.45) is 3.28. The number of rotatable bonds is 6. The lowest BCUT2D eigenvalue weighted by Gasteiger charge is -2.14. The molecule has 2 aromatic heterocycles. The normalized spacial score (nSPS) is 10.3. The summed E-state index contributed by atoms with van der Waals surface area (Å²) >= 11 is 0.